The van der Waals surface area contributed by atoms with Crippen LogP contribution in [0.1, 0.15) is 29.9 Å². The molecular formula is C15H15BrN2. The number of nitrogens with one attached hydrogen (secondary N) is 1. The van der Waals surface area contributed by atoms with Gasteiger partial charge in [0.05, 0.1) is 5.69 Å². The quantitative estimate of drug-likeness (QED) is 0.850. The summed E-state index contributed by atoms with van der Waals surface area (Å²) < 4.78 is 0.869. The molecule has 3 rings (SSSR count). The molecule has 0 bridgehead atoms. The first kappa shape index (κ1) is 11.7. The van der Waals surface area contributed by atoms with E-state index in [2.05, 4.69) is 50.5 Å². The number of aromatic nitrogens is 1. The van der Waals surface area contributed by atoms with Crippen molar-refractivity contribution in [1.29, 1.82) is 0 Å². The SMILES string of the molecule is Brc1ncccc1NCc1ccccc1C1CC1. The molecule has 0 unspecified atom stereocenters. The Morgan fingerprint density at radius 1 is 1.17 bits per heavy atom. The largest absolute Gasteiger partial charge is 0.379 e. The molecule has 0 amide bonds. The lowest BCUT2D eigenvalue weighted by Gasteiger charge is -2.11. The molecule has 2 nitrogen and oxygen atoms in total. The minimum atomic E-state index is 0.792. The monoisotopic (exact) mass is 302 g/mol. The summed E-state index contributed by atoms with van der Waals surface area (Å²) >= 11 is 3.46. The molecule has 0 atom stereocenters. The summed E-state index contributed by atoms with van der Waals surface area (Å²) in [7, 11) is 0. The Bertz CT molecular complexity index is 550. The second kappa shape index (κ2) is 5.11. The molecule has 3 heteroatoms. The topological polar surface area (TPSA) is 24.9 Å². The van der Waals surface area contributed by atoms with Gasteiger partial charge in [-0.1, -0.05) is 24.3 Å². The van der Waals surface area contributed by atoms with Gasteiger partial charge in [0, 0.05) is 12.7 Å². The number of hydrogen-bond donors (Lipinski definition) is 1. The normalized spacial score (nSPS) is 14.5. The van der Waals surface area contributed by atoms with Crippen LogP contribution in [0.4, 0.5) is 5.69 Å². The van der Waals surface area contributed by atoms with Crippen molar-refractivity contribution in [2.24, 2.45) is 0 Å². The number of nitrogens with zero attached hydrogens (tertiary/aromatic N) is 1. The van der Waals surface area contributed by atoms with Gasteiger partial charge in [0.25, 0.3) is 0 Å². The van der Waals surface area contributed by atoms with E-state index in [0.29, 0.717) is 0 Å². The minimum Gasteiger partial charge on any atom is -0.379 e. The van der Waals surface area contributed by atoms with Crippen molar-refractivity contribution in [2.45, 2.75) is 25.3 Å². The molecule has 0 aliphatic heterocycles. The molecule has 2 aromatic rings. The molecule has 0 spiro atoms. The summed E-state index contributed by atoms with van der Waals surface area (Å²) in [5, 5.41) is 3.44. The number of pyridine rings is 1. The van der Waals surface area contributed by atoms with E-state index in [1.807, 2.05) is 12.1 Å². The van der Waals surface area contributed by atoms with Gasteiger partial charge in [-0.15, -0.1) is 0 Å². The molecular weight excluding hydrogens is 288 g/mol. The van der Waals surface area contributed by atoms with E-state index in [-0.39, 0.29) is 0 Å². The zero-order valence-electron chi connectivity index (χ0n) is 10.1. The van der Waals surface area contributed by atoms with Gasteiger partial charge >= 0.3 is 0 Å². The fourth-order valence-corrected chi connectivity index (χ4v) is 2.59. The lowest BCUT2D eigenvalue weighted by atomic mass is 10.0. The highest BCUT2D eigenvalue weighted by molar-refractivity contribution is 9.10. The Kier molecular flexibility index (Phi) is 3.33. The van der Waals surface area contributed by atoms with Gasteiger partial charge in [-0.2, -0.15) is 0 Å². The second-order valence-corrected chi connectivity index (χ2v) is 5.42. The number of anilines is 1. The number of rotatable bonds is 4. The van der Waals surface area contributed by atoms with Crippen LogP contribution in [0.3, 0.4) is 0 Å². The van der Waals surface area contributed by atoms with Crippen molar-refractivity contribution < 1.29 is 0 Å². The second-order valence-electron chi connectivity index (χ2n) is 4.67. The van der Waals surface area contributed by atoms with Crippen molar-refractivity contribution in [3.05, 3.63) is 58.3 Å². The predicted molar refractivity (Wildman–Crippen MR) is 77.7 cm³/mol. The van der Waals surface area contributed by atoms with Gasteiger partial charge in [-0.05, 0) is 57.9 Å². The van der Waals surface area contributed by atoms with Gasteiger partial charge < -0.3 is 5.32 Å². The molecule has 0 radical (unpaired) electrons. The summed E-state index contributed by atoms with van der Waals surface area (Å²) in [6, 6.07) is 12.7. The molecule has 1 fully saturated rings. The lowest BCUT2D eigenvalue weighted by Crippen LogP contribution is -2.03. The maximum Gasteiger partial charge on any atom is 0.129 e. The highest BCUT2D eigenvalue weighted by Gasteiger charge is 2.25. The van der Waals surface area contributed by atoms with Crippen molar-refractivity contribution >= 4 is 21.6 Å². The van der Waals surface area contributed by atoms with Crippen LogP contribution in [-0.4, -0.2) is 4.98 Å². The summed E-state index contributed by atoms with van der Waals surface area (Å²) in [4.78, 5) is 4.22. The molecule has 0 saturated heterocycles. The average Bonchev–Trinajstić information content (AvgIpc) is 3.23. The van der Waals surface area contributed by atoms with Crippen LogP contribution in [0.5, 0.6) is 0 Å². The van der Waals surface area contributed by atoms with Gasteiger partial charge in [-0.25, -0.2) is 4.98 Å². The molecule has 92 valence electrons. The molecule has 1 aliphatic rings. The molecule has 1 aromatic carbocycles. The maximum absolute atomic E-state index is 4.22. The molecule has 1 aliphatic carbocycles. The number of halogens is 1. The van der Waals surface area contributed by atoms with E-state index in [0.717, 1.165) is 22.8 Å². The number of hydrogen-bond acceptors (Lipinski definition) is 2. The van der Waals surface area contributed by atoms with E-state index < -0.39 is 0 Å². The van der Waals surface area contributed by atoms with Crippen LogP contribution >= 0.6 is 15.9 Å². The Morgan fingerprint density at radius 2 is 2.00 bits per heavy atom. The van der Waals surface area contributed by atoms with Crippen LogP contribution in [0.15, 0.2) is 47.2 Å². The molecule has 1 N–H and O–H groups in total. The number of benzene rings is 1. The van der Waals surface area contributed by atoms with Crippen molar-refractivity contribution in [3.8, 4) is 0 Å². The summed E-state index contributed by atoms with van der Waals surface area (Å²) in [6.07, 6.45) is 4.47. The Morgan fingerprint density at radius 3 is 2.78 bits per heavy atom. The van der Waals surface area contributed by atoms with Gasteiger partial charge in [0.1, 0.15) is 4.60 Å². The van der Waals surface area contributed by atoms with Crippen LogP contribution in [0, 0.1) is 0 Å². The standard InChI is InChI=1S/C15H15BrN2/c16-15-14(6-3-9-17-15)18-10-12-4-1-2-5-13(12)11-7-8-11/h1-6,9,11,18H,7-8,10H2. The first-order valence-corrected chi connectivity index (χ1v) is 7.06. The third-order valence-corrected chi connectivity index (χ3v) is 3.93. The van der Waals surface area contributed by atoms with E-state index in [4.69, 9.17) is 0 Å². The summed E-state index contributed by atoms with van der Waals surface area (Å²) in [6.45, 7) is 0.858. The smallest absolute Gasteiger partial charge is 0.129 e. The van der Waals surface area contributed by atoms with Crippen molar-refractivity contribution in [2.75, 3.05) is 5.32 Å². The van der Waals surface area contributed by atoms with E-state index in [9.17, 15) is 0 Å². The summed E-state index contributed by atoms with van der Waals surface area (Å²) in [5.41, 5.74) is 3.95. The Balaban J connectivity index is 1.75. The van der Waals surface area contributed by atoms with Crippen LogP contribution < -0.4 is 5.32 Å². The van der Waals surface area contributed by atoms with Gasteiger partial charge in [0.15, 0.2) is 0 Å². The van der Waals surface area contributed by atoms with Crippen LogP contribution in [0.25, 0.3) is 0 Å². The van der Waals surface area contributed by atoms with E-state index >= 15 is 0 Å². The van der Waals surface area contributed by atoms with Gasteiger partial charge in [0.2, 0.25) is 0 Å². The van der Waals surface area contributed by atoms with E-state index in [1.54, 1.807) is 6.20 Å². The molecule has 18 heavy (non-hydrogen) atoms. The average molecular weight is 303 g/mol. The van der Waals surface area contributed by atoms with E-state index in [1.165, 1.54) is 24.0 Å². The highest BCUT2D eigenvalue weighted by atomic mass is 79.9. The molecule has 1 aromatic heterocycles. The molecule has 1 heterocycles. The first-order chi connectivity index (χ1) is 8.84. The predicted octanol–water partition coefficient (Wildman–Crippen LogP) is 4.33. The fourth-order valence-electron chi connectivity index (χ4n) is 2.20. The Labute approximate surface area is 116 Å². The fraction of sp³-hybridized carbons (Fsp3) is 0.267. The first-order valence-electron chi connectivity index (χ1n) is 6.27. The van der Waals surface area contributed by atoms with Gasteiger partial charge in [-0.3, -0.25) is 0 Å². The zero-order valence-corrected chi connectivity index (χ0v) is 11.7. The van der Waals surface area contributed by atoms with Crippen LogP contribution in [-0.2, 0) is 6.54 Å². The minimum absolute atomic E-state index is 0.792. The highest BCUT2D eigenvalue weighted by Crippen LogP contribution is 2.41. The maximum atomic E-state index is 4.22. The van der Waals surface area contributed by atoms with Crippen molar-refractivity contribution in [1.82, 2.24) is 4.98 Å². The Hall–Kier alpha value is -1.35. The van der Waals surface area contributed by atoms with Crippen LogP contribution in [0.2, 0.25) is 0 Å². The lowest BCUT2D eigenvalue weighted by molar-refractivity contribution is 1.03. The third-order valence-electron chi connectivity index (χ3n) is 3.30. The summed E-state index contributed by atoms with van der Waals surface area (Å²) in [5.74, 6) is 0.792. The van der Waals surface area contributed by atoms with Crippen molar-refractivity contribution in [3.63, 3.8) is 0 Å². The zero-order chi connectivity index (χ0) is 12.4. The molecule has 1 saturated carbocycles. The third kappa shape index (κ3) is 2.56.